The van der Waals surface area contributed by atoms with Crippen molar-refractivity contribution in [1.29, 1.82) is 0 Å². The summed E-state index contributed by atoms with van der Waals surface area (Å²) < 4.78 is 8.97. The number of rotatable bonds is 2. The van der Waals surface area contributed by atoms with Crippen molar-refractivity contribution in [2.75, 3.05) is 7.11 Å². The summed E-state index contributed by atoms with van der Waals surface area (Å²) in [6.45, 7) is 1.73. The number of allylic oxidation sites excluding steroid dienone is 6. The molecule has 0 bridgehead atoms. The number of para-hydroxylation sites is 1. The first-order valence-corrected chi connectivity index (χ1v) is 10.2. The van der Waals surface area contributed by atoms with Crippen molar-refractivity contribution in [3.63, 3.8) is 0 Å². The number of phenolic OH excluding ortho intramolecular Hbond substituents is 1. The molecule has 9 nitrogen and oxygen atoms in total. The third kappa shape index (κ3) is 2.50. The lowest BCUT2D eigenvalue weighted by Gasteiger charge is -2.39. The highest BCUT2D eigenvalue weighted by Crippen LogP contribution is 2.52. The number of fused-ring (bicyclic) bond motifs is 3. The van der Waals surface area contributed by atoms with Gasteiger partial charge in [-0.25, -0.2) is 23.5 Å². The van der Waals surface area contributed by atoms with Crippen LogP contribution in [0.2, 0.25) is 0 Å². The van der Waals surface area contributed by atoms with E-state index in [9.17, 15) is 24.3 Å². The minimum Gasteiger partial charge on any atom is -0.504 e. The summed E-state index contributed by atoms with van der Waals surface area (Å²) in [7, 11) is 2.83. The fraction of sp³-hybridized carbons (Fsp3) is 0.304. The standard InChI is InChI=1S/C23H21N3O6/c1-11-9-16(27)14-10-15-12(7-8-25-22(30)24(2)23(31)26(15)25)18(19(14)20(11)28)13-5-4-6-17(32-3)21(13)29/h4-7,9,15,18,29H,8,10H2,1-3H3/t15-,18-/m1/s1. The van der Waals surface area contributed by atoms with Crippen molar-refractivity contribution in [3.8, 4) is 11.5 Å². The number of carbonyl (C=O) groups is 2. The summed E-state index contributed by atoms with van der Waals surface area (Å²) in [4.78, 5) is 51.6. The van der Waals surface area contributed by atoms with Crippen molar-refractivity contribution in [3.05, 3.63) is 79.2 Å². The Labute approximate surface area is 182 Å². The van der Waals surface area contributed by atoms with Crippen LogP contribution in [-0.2, 0) is 23.2 Å². The van der Waals surface area contributed by atoms with E-state index < -0.39 is 23.3 Å². The molecular formula is C23H21N3O6. The Bertz CT molecular complexity index is 1430. The predicted molar refractivity (Wildman–Crippen MR) is 114 cm³/mol. The molecule has 164 valence electrons. The molecule has 0 saturated carbocycles. The number of phenols is 1. The summed E-state index contributed by atoms with van der Waals surface area (Å²) in [5.41, 5.74) is 1.08. The molecule has 0 unspecified atom stereocenters. The number of aromatic hydroxyl groups is 1. The van der Waals surface area contributed by atoms with Crippen molar-refractivity contribution in [1.82, 2.24) is 13.9 Å². The maximum absolute atomic E-state index is 13.3. The Morgan fingerprint density at radius 1 is 1.12 bits per heavy atom. The van der Waals surface area contributed by atoms with Gasteiger partial charge in [-0.15, -0.1) is 0 Å². The van der Waals surface area contributed by atoms with Gasteiger partial charge in [-0.3, -0.25) is 9.59 Å². The third-order valence-corrected chi connectivity index (χ3v) is 6.58. The number of methoxy groups -OCH3 is 1. The maximum Gasteiger partial charge on any atom is 0.347 e. The van der Waals surface area contributed by atoms with Crippen LogP contribution in [0.4, 0.5) is 0 Å². The Balaban J connectivity index is 1.82. The fourth-order valence-electron chi connectivity index (χ4n) is 5.03. The zero-order valence-electron chi connectivity index (χ0n) is 17.8. The van der Waals surface area contributed by atoms with E-state index in [1.807, 2.05) is 6.08 Å². The van der Waals surface area contributed by atoms with Gasteiger partial charge in [0.1, 0.15) is 0 Å². The highest BCUT2D eigenvalue weighted by molar-refractivity contribution is 6.23. The molecule has 0 radical (unpaired) electrons. The van der Waals surface area contributed by atoms with Gasteiger partial charge >= 0.3 is 11.4 Å². The lowest BCUT2D eigenvalue weighted by atomic mass is 9.67. The van der Waals surface area contributed by atoms with E-state index in [2.05, 4.69) is 0 Å². The van der Waals surface area contributed by atoms with Gasteiger partial charge in [-0.1, -0.05) is 18.2 Å². The van der Waals surface area contributed by atoms with Crippen molar-refractivity contribution >= 4 is 11.6 Å². The number of benzene rings is 1. The summed E-state index contributed by atoms with van der Waals surface area (Å²) in [6.07, 6.45) is 3.23. The molecule has 5 rings (SSSR count). The van der Waals surface area contributed by atoms with Crippen LogP contribution < -0.4 is 16.1 Å². The molecule has 2 heterocycles. The number of hydrogen-bond acceptors (Lipinski definition) is 6. The molecule has 2 aromatic rings. The number of nitrogens with zero attached hydrogens (tertiary/aromatic N) is 3. The highest BCUT2D eigenvalue weighted by Gasteiger charge is 2.45. The molecule has 1 aliphatic heterocycles. The number of ketones is 2. The molecular weight excluding hydrogens is 414 g/mol. The quantitative estimate of drug-likeness (QED) is 0.559. The van der Waals surface area contributed by atoms with E-state index in [0.717, 1.165) is 4.57 Å². The summed E-state index contributed by atoms with van der Waals surface area (Å²) >= 11 is 0. The SMILES string of the molecule is COc1cccc([C@H]2C3=CCn4c(=O)n(C)c(=O)n4[C@@H]3CC3=C2C(=O)C(C)=CC3=O)c1O. The van der Waals surface area contributed by atoms with Crippen LogP contribution in [0.15, 0.2) is 62.2 Å². The van der Waals surface area contributed by atoms with E-state index >= 15 is 0 Å². The predicted octanol–water partition coefficient (Wildman–Crippen LogP) is 1.13. The van der Waals surface area contributed by atoms with Gasteiger partial charge in [-0.2, -0.15) is 0 Å². The van der Waals surface area contributed by atoms with Crippen LogP contribution in [0.1, 0.15) is 30.9 Å². The molecule has 1 aromatic carbocycles. The Morgan fingerprint density at radius 2 is 1.88 bits per heavy atom. The number of aromatic nitrogens is 3. The van der Waals surface area contributed by atoms with Gasteiger partial charge in [0, 0.05) is 41.7 Å². The lowest BCUT2D eigenvalue weighted by Crippen LogP contribution is -2.40. The average Bonchev–Trinajstić information content (AvgIpc) is 3.00. The van der Waals surface area contributed by atoms with Crippen LogP contribution in [0.5, 0.6) is 11.5 Å². The number of hydrogen-bond donors (Lipinski definition) is 1. The van der Waals surface area contributed by atoms with Gasteiger partial charge in [-0.05, 0) is 24.6 Å². The molecule has 1 N–H and O–H groups in total. The molecule has 0 fully saturated rings. The van der Waals surface area contributed by atoms with E-state index in [1.54, 1.807) is 25.1 Å². The zero-order valence-corrected chi connectivity index (χ0v) is 17.8. The molecule has 2 atom stereocenters. The van der Waals surface area contributed by atoms with Crippen molar-refractivity contribution in [2.24, 2.45) is 7.05 Å². The number of carbonyl (C=O) groups excluding carboxylic acids is 2. The lowest BCUT2D eigenvalue weighted by molar-refractivity contribution is -0.116. The molecule has 32 heavy (non-hydrogen) atoms. The van der Waals surface area contributed by atoms with Gasteiger partial charge in [0.15, 0.2) is 23.1 Å². The van der Waals surface area contributed by atoms with E-state index in [0.29, 0.717) is 27.9 Å². The van der Waals surface area contributed by atoms with Gasteiger partial charge in [0.25, 0.3) is 0 Å². The third-order valence-electron chi connectivity index (χ3n) is 6.58. The maximum atomic E-state index is 13.3. The monoisotopic (exact) mass is 435 g/mol. The van der Waals surface area contributed by atoms with Crippen LogP contribution in [0, 0.1) is 0 Å². The van der Waals surface area contributed by atoms with E-state index in [4.69, 9.17) is 4.74 Å². The summed E-state index contributed by atoms with van der Waals surface area (Å²) in [6, 6.07) is 4.34. The first-order chi connectivity index (χ1) is 15.3. The average molecular weight is 435 g/mol. The summed E-state index contributed by atoms with van der Waals surface area (Å²) in [5, 5.41) is 10.9. The van der Waals surface area contributed by atoms with Gasteiger partial charge in [0.2, 0.25) is 0 Å². The normalized spacial score (nSPS) is 22.1. The molecule has 0 amide bonds. The molecule has 1 aromatic heterocycles. The molecule has 0 spiro atoms. The van der Waals surface area contributed by atoms with E-state index in [1.165, 1.54) is 29.6 Å². The summed E-state index contributed by atoms with van der Waals surface area (Å²) in [5.74, 6) is -1.22. The smallest absolute Gasteiger partial charge is 0.347 e. The van der Waals surface area contributed by atoms with E-state index in [-0.39, 0.29) is 36.0 Å². The van der Waals surface area contributed by atoms with Crippen LogP contribution in [-0.4, -0.2) is 37.7 Å². The topological polar surface area (TPSA) is 113 Å². The minimum absolute atomic E-state index is 0.111. The molecule has 3 aliphatic rings. The molecule has 9 heteroatoms. The Kier molecular flexibility index (Phi) is 4.27. The number of Topliss-reactive ketones (excluding diaryl/α,β-unsaturated/α-hetero) is 1. The van der Waals surface area contributed by atoms with Crippen molar-refractivity contribution < 1.29 is 19.4 Å². The zero-order chi connectivity index (χ0) is 22.9. The fourth-order valence-corrected chi connectivity index (χ4v) is 5.03. The van der Waals surface area contributed by atoms with Gasteiger partial charge < -0.3 is 9.84 Å². The van der Waals surface area contributed by atoms with Gasteiger partial charge in [0.05, 0.1) is 19.7 Å². The van der Waals surface area contributed by atoms with Crippen LogP contribution in [0.25, 0.3) is 0 Å². The second kappa shape index (κ2) is 6.81. The Hall–Kier alpha value is -3.88. The first-order valence-electron chi connectivity index (χ1n) is 10.2. The molecule has 0 saturated heterocycles. The highest BCUT2D eigenvalue weighted by atomic mass is 16.5. The van der Waals surface area contributed by atoms with Crippen LogP contribution in [0.3, 0.4) is 0 Å². The minimum atomic E-state index is -0.755. The Morgan fingerprint density at radius 3 is 2.59 bits per heavy atom. The van der Waals surface area contributed by atoms with Crippen LogP contribution >= 0.6 is 0 Å². The first kappa shape index (κ1) is 20.0. The number of ether oxygens (including phenoxy) is 1. The molecule has 2 aliphatic carbocycles. The second-order valence-electron chi connectivity index (χ2n) is 8.22. The van der Waals surface area contributed by atoms with Crippen molar-refractivity contribution in [2.45, 2.75) is 31.8 Å². The second-order valence-corrected chi connectivity index (χ2v) is 8.22. The largest absolute Gasteiger partial charge is 0.504 e.